The molecule has 0 radical (unpaired) electrons. The van der Waals surface area contributed by atoms with Gasteiger partial charge in [0.05, 0.1) is 25.8 Å². The molecule has 2 aromatic rings. The van der Waals surface area contributed by atoms with Gasteiger partial charge < -0.3 is 13.9 Å². The Morgan fingerprint density at radius 3 is 2.80 bits per heavy atom. The van der Waals surface area contributed by atoms with Gasteiger partial charge in [-0.25, -0.2) is 5.43 Å². The van der Waals surface area contributed by atoms with E-state index in [2.05, 4.69) is 10.5 Å². The molecule has 0 saturated carbocycles. The number of aryl methyl sites for hydroxylation is 1. The lowest BCUT2D eigenvalue weighted by molar-refractivity contribution is -0.159. The number of hydrogen-bond acceptors (Lipinski definition) is 5. The van der Waals surface area contributed by atoms with E-state index >= 15 is 0 Å². The molecule has 25 heavy (non-hydrogen) atoms. The summed E-state index contributed by atoms with van der Waals surface area (Å²) < 4.78 is 16.5. The predicted octanol–water partition coefficient (Wildman–Crippen LogP) is 3.51. The maximum atomic E-state index is 11.9. The van der Waals surface area contributed by atoms with Crippen molar-refractivity contribution >= 4 is 23.7 Å². The highest BCUT2D eigenvalue weighted by molar-refractivity contribution is 6.31. The van der Waals surface area contributed by atoms with Gasteiger partial charge in [0, 0.05) is 10.6 Å². The average Bonchev–Trinajstić information content (AvgIpc) is 3.19. The molecule has 3 rings (SSSR count). The maximum Gasteiger partial charge on any atom is 0.245 e. The largest absolute Gasteiger partial charge is 0.455 e. The Kier molecular flexibility index (Phi) is 5.22. The van der Waals surface area contributed by atoms with Crippen LogP contribution in [0.1, 0.15) is 24.7 Å². The number of carbonyl (C=O) groups excluding carboxylic acids is 1. The van der Waals surface area contributed by atoms with E-state index in [0.29, 0.717) is 29.8 Å². The highest BCUT2D eigenvalue weighted by Gasteiger charge is 2.33. The molecule has 0 unspecified atom stereocenters. The lowest BCUT2D eigenvalue weighted by Gasteiger charge is -2.20. The number of halogens is 1. The van der Waals surface area contributed by atoms with E-state index in [1.807, 2.05) is 31.2 Å². The third-order valence-electron chi connectivity index (χ3n) is 3.84. The second-order valence-electron chi connectivity index (χ2n) is 5.97. The molecule has 132 valence electrons. The van der Waals surface area contributed by atoms with Crippen LogP contribution in [-0.4, -0.2) is 31.1 Å². The van der Waals surface area contributed by atoms with Crippen LogP contribution in [0, 0.1) is 6.92 Å². The quantitative estimate of drug-likeness (QED) is 0.652. The smallest absolute Gasteiger partial charge is 0.245 e. The lowest BCUT2D eigenvalue weighted by atomic mass is 10.1. The zero-order valence-corrected chi connectivity index (χ0v) is 14.8. The summed E-state index contributed by atoms with van der Waals surface area (Å²) in [6.07, 6.45) is 1.52. The summed E-state index contributed by atoms with van der Waals surface area (Å²) in [5, 5.41) is 4.58. The first kappa shape index (κ1) is 17.7. The molecule has 0 spiro atoms. The van der Waals surface area contributed by atoms with Gasteiger partial charge >= 0.3 is 0 Å². The molecule has 1 saturated heterocycles. The summed E-state index contributed by atoms with van der Waals surface area (Å²) in [6.45, 7) is 4.66. The van der Waals surface area contributed by atoms with Crippen LogP contribution in [0.15, 0.2) is 39.9 Å². The number of hydrogen-bond donors (Lipinski definition) is 1. The Morgan fingerprint density at radius 1 is 1.32 bits per heavy atom. The molecular formula is C18H19ClN2O4. The number of nitrogens with one attached hydrogen (secondary N) is 1. The van der Waals surface area contributed by atoms with Gasteiger partial charge in [-0.3, -0.25) is 4.79 Å². The van der Waals surface area contributed by atoms with E-state index in [0.717, 1.165) is 11.1 Å². The maximum absolute atomic E-state index is 11.9. The van der Waals surface area contributed by atoms with E-state index < -0.39 is 5.79 Å². The fourth-order valence-electron chi connectivity index (χ4n) is 2.48. The van der Waals surface area contributed by atoms with Crippen LogP contribution in [0.25, 0.3) is 11.3 Å². The second-order valence-corrected chi connectivity index (χ2v) is 6.37. The number of furan rings is 1. The fourth-order valence-corrected chi connectivity index (χ4v) is 2.66. The minimum absolute atomic E-state index is 0.0790. The van der Waals surface area contributed by atoms with E-state index in [9.17, 15) is 4.79 Å². The third kappa shape index (κ3) is 4.48. The van der Waals surface area contributed by atoms with Crippen molar-refractivity contribution in [1.82, 2.24) is 5.43 Å². The number of ether oxygens (including phenoxy) is 2. The van der Waals surface area contributed by atoms with Crippen molar-refractivity contribution in [2.75, 3.05) is 13.2 Å². The standard InChI is InChI=1S/C18H19ClN2O4/c1-12-3-4-13(9-15(12)19)16-6-5-14(25-16)11-20-21-17(22)10-18(2)23-7-8-24-18/h3-6,9,11H,7-8,10H2,1-2H3,(H,21,22)/b20-11-. The molecule has 0 aliphatic carbocycles. The summed E-state index contributed by atoms with van der Waals surface area (Å²) in [6, 6.07) is 9.31. The van der Waals surface area contributed by atoms with Crippen molar-refractivity contribution in [2.45, 2.75) is 26.1 Å². The topological polar surface area (TPSA) is 73.1 Å². The van der Waals surface area contributed by atoms with Crippen molar-refractivity contribution in [3.05, 3.63) is 46.7 Å². The zero-order valence-electron chi connectivity index (χ0n) is 14.0. The molecule has 6 nitrogen and oxygen atoms in total. The van der Waals surface area contributed by atoms with Gasteiger partial charge in [-0.2, -0.15) is 5.10 Å². The molecular weight excluding hydrogens is 344 g/mol. The van der Waals surface area contributed by atoms with Crippen LogP contribution in [0.5, 0.6) is 0 Å². The van der Waals surface area contributed by atoms with Gasteiger partial charge in [-0.15, -0.1) is 0 Å². The SMILES string of the molecule is Cc1ccc(-c2ccc(/C=N\NC(=O)CC3(C)OCCO3)o2)cc1Cl. The van der Waals surface area contributed by atoms with Gasteiger partial charge in [-0.1, -0.05) is 23.7 Å². The second kappa shape index (κ2) is 7.39. The number of hydrazone groups is 1. The van der Waals surface area contributed by atoms with Gasteiger partial charge in [0.25, 0.3) is 0 Å². The van der Waals surface area contributed by atoms with Crippen molar-refractivity contribution in [2.24, 2.45) is 5.10 Å². The Balaban J connectivity index is 1.58. The molecule has 1 aliphatic rings. The average molecular weight is 363 g/mol. The number of rotatable bonds is 5. The summed E-state index contributed by atoms with van der Waals surface area (Å²) >= 11 is 6.13. The number of nitrogens with zero attached hydrogens (tertiary/aromatic N) is 1. The Morgan fingerprint density at radius 2 is 2.08 bits per heavy atom. The van der Waals surface area contributed by atoms with Gasteiger partial charge in [0.2, 0.25) is 5.91 Å². The summed E-state index contributed by atoms with van der Waals surface area (Å²) in [5.74, 6) is 0.0292. The Hall–Kier alpha value is -2.15. The molecule has 7 heteroatoms. The van der Waals surface area contributed by atoms with E-state index in [1.165, 1.54) is 6.21 Å². The molecule has 0 bridgehead atoms. The van der Waals surface area contributed by atoms with Crippen molar-refractivity contribution in [1.29, 1.82) is 0 Å². The van der Waals surface area contributed by atoms with Crippen molar-refractivity contribution in [3.63, 3.8) is 0 Å². The first-order chi connectivity index (χ1) is 12.0. The van der Waals surface area contributed by atoms with E-state index in [1.54, 1.807) is 13.0 Å². The predicted molar refractivity (Wildman–Crippen MR) is 94.6 cm³/mol. The van der Waals surface area contributed by atoms with E-state index in [-0.39, 0.29) is 12.3 Å². The highest BCUT2D eigenvalue weighted by Crippen LogP contribution is 2.26. The van der Waals surface area contributed by atoms with E-state index in [4.69, 9.17) is 25.5 Å². The molecule has 1 N–H and O–H groups in total. The van der Waals surface area contributed by atoms with Crippen LogP contribution in [0.3, 0.4) is 0 Å². The minimum atomic E-state index is -0.873. The highest BCUT2D eigenvalue weighted by atomic mass is 35.5. The molecule has 1 aromatic carbocycles. The third-order valence-corrected chi connectivity index (χ3v) is 4.25. The summed E-state index contributed by atoms with van der Waals surface area (Å²) in [5.41, 5.74) is 4.32. The normalized spacial score (nSPS) is 16.4. The molecule has 1 fully saturated rings. The molecule has 1 aromatic heterocycles. The number of amides is 1. The number of carbonyl (C=O) groups is 1. The fraction of sp³-hybridized carbons (Fsp3) is 0.333. The Labute approximate surface area is 150 Å². The van der Waals surface area contributed by atoms with Crippen LogP contribution in [-0.2, 0) is 14.3 Å². The van der Waals surface area contributed by atoms with Crippen LogP contribution in [0.2, 0.25) is 5.02 Å². The zero-order chi connectivity index (χ0) is 17.9. The number of benzene rings is 1. The van der Waals surface area contributed by atoms with Crippen LogP contribution < -0.4 is 5.43 Å². The monoisotopic (exact) mass is 362 g/mol. The molecule has 2 heterocycles. The van der Waals surface area contributed by atoms with Crippen LogP contribution >= 0.6 is 11.6 Å². The first-order valence-corrected chi connectivity index (χ1v) is 8.29. The first-order valence-electron chi connectivity index (χ1n) is 7.91. The molecule has 0 atom stereocenters. The Bertz CT molecular complexity index is 794. The summed E-state index contributed by atoms with van der Waals surface area (Å²) in [7, 11) is 0. The summed E-state index contributed by atoms with van der Waals surface area (Å²) in [4.78, 5) is 11.9. The molecule has 1 aliphatic heterocycles. The van der Waals surface area contributed by atoms with Crippen LogP contribution in [0.4, 0.5) is 0 Å². The van der Waals surface area contributed by atoms with Crippen molar-refractivity contribution in [3.8, 4) is 11.3 Å². The van der Waals surface area contributed by atoms with Gasteiger partial charge in [0.15, 0.2) is 5.79 Å². The minimum Gasteiger partial charge on any atom is -0.455 e. The molecule has 1 amide bonds. The lowest BCUT2D eigenvalue weighted by Crippen LogP contribution is -2.33. The van der Waals surface area contributed by atoms with Gasteiger partial charge in [-0.05, 0) is 37.6 Å². The van der Waals surface area contributed by atoms with Gasteiger partial charge in [0.1, 0.15) is 11.5 Å². The van der Waals surface area contributed by atoms with Crippen molar-refractivity contribution < 1.29 is 18.7 Å².